The molecule has 0 spiro atoms. The number of aromatic nitrogens is 4. The molecule has 2 fully saturated rings. The van der Waals surface area contributed by atoms with Gasteiger partial charge in [-0.1, -0.05) is 35.7 Å². The molecule has 2 aromatic rings. The van der Waals surface area contributed by atoms with Gasteiger partial charge in [0.1, 0.15) is 4.32 Å². The summed E-state index contributed by atoms with van der Waals surface area (Å²) >= 11 is 7.42. The molecule has 2 aliphatic heterocycles. The van der Waals surface area contributed by atoms with E-state index < -0.39 is 0 Å². The molecule has 10 nitrogen and oxygen atoms in total. The molecule has 0 aromatic carbocycles. The summed E-state index contributed by atoms with van der Waals surface area (Å²) < 4.78 is 0.602. The maximum absolute atomic E-state index is 10.9. The molecule has 2 aliphatic rings. The van der Waals surface area contributed by atoms with Crippen molar-refractivity contribution in [2.24, 2.45) is 10.7 Å². The highest BCUT2D eigenvalue weighted by atomic mass is 32.2. The molecule has 2 amide bonds. The van der Waals surface area contributed by atoms with Crippen molar-refractivity contribution in [3.63, 3.8) is 0 Å². The molecule has 0 radical (unpaired) electrons. The summed E-state index contributed by atoms with van der Waals surface area (Å²) in [6.45, 7) is 4.70. The monoisotopic (exact) mass is 478 g/mol. The molecule has 13 heteroatoms. The molecule has 4 rings (SSSR count). The molecule has 4 heterocycles. The third-order valence-electron chi connectivity index (χ3n) is 3.42. The van der Waals surface area contributed by atoms with E-state index in [2.05, 4.69) is 47.8 Å². The van der Waals surface area contributed by atoms with Crippen molar-refractivity contribution in [2.75, 3.05) is 11.5 Å². The van der Waals surface area contributed by atoms with Crippen molar-refractivity contribution in [3.05, 3.63) is 47.6 Å². The van der Waals surface area contributed by atoms with E-state index in [1.165, 1.54) is 23.5 Å². The average molecular weight is 479 g/mol. The Morgan fingerprint density at radius 1 is 0.935 bits per heavy atom. The maximum Gasteiger partial charge on any atom is 0.236 e. The van der Waals surface area contributed by atoms with Crippen LogP contribution in [0.1, 0.15) is 22.8 Å². The van der Waals surface area contributed by atoms with E-state index in [4.69, 9.17) is 5.73 Å². The summed E-state index contributed by atoms with van der Waals surface area (Å²) in [5.41, 5.74) is 8.74. The number of nitrogens with zero attached hydrogens (tertiary/aromatic N) is 5. The van der Waals surface area contributed by atoms with Crippen LogP contribution in [0.4, 0.5) is 0 Å². The standard InChI is InChI=1S/C9H10N4OS.C6H9N3.C3H3NOS2/c1-6-2-11-7(3-10-6)4-12-9-13-8(14)5-15-9;1-5-3-9-6(2-7)4-8-5;5-2-1-7-3(6)4-2/h2-3H,4-5H2,1H3,(H,12,13,14);3-4H,2,7H2,1H3;1H2,(H,4,5,6). The van der Waals surface area contributed by atoms with Gasteiger partial charge in [-0.25, -0.2) is 0 Å². The number of hydrogen-bond donors (Lipinski definition) is 3. The third kappa shape index (κ3) is 9.91. The van der Waals surface area contributed by atoms with Crippen molar-refractivity contribution in [2.45, 2.75) is 26.9 Å². The molecule has 4 N–H and O–H groups in total. The maximum atomic E-state index is 10.9. The molecular weight excluding hydrogens is 456 g/mol. The first-order valence-corrected chi connectivity index (χ1v) is 11.4. The topological polar surface area (TPSA) is 148 Å². The van der Waals surface area contributed by atoms with Crippen LogP contribution in [0.15, 0.2) is 29.8 Å². The van der Waals surface area contributed by atoms with Gasteiger partial charge in [-0.05, 0) is 13.8 Å². The molecule has 0 bridgehead atoms. The minimum atomic E-state index is 0.00809. The fourth-order valence-corrected chi connectivity index (χ4v) is 3.40. The number of amidine groups is 1. The number of aliphatic imine (C=N–C) groups is 1. The predicted octanol–water partition coefficient (Wildman–Crippen LogP) is 0.882. The first kappa shape index (κ1) is 24.8. The Hall–Kier alpha value is -2.48. The highest BCUT2D eigenvalue weighted by Gasteiger charge is 2.15. The second-order valence-corrected chi connectivity index (χ2v) is 8.70. The fourth-order valence-electron chi connectivity index (χ4n) is 1.91. The normalized spacial score (nSPS) is 16.1. The van der Waals surface area contributed by atoms with Gasteiger partial charge in [0.05, 0.1) is 47.0 Å². The lowest BCUT2D eigenvalue weighted by atomic mass is 10.4. The molecule has 0 unspecified atom stereocenters. The lowest BCUT2D eigenvalue weighted by molar-refractivity contribution is -0.117. The Balaban J connectivity index is 0.000000181. The zero-order valence-corrected chi connectivity index (χ0v) is 19.4. The molecule has 0 aliphatic carbocycles. The number of rotatable bonds is 3. The van der Waals surface area contributed by atoms with Crippen molar-refractivity contribution in [1.82, 2.24) is 30.6 Å². The zero-order valence-electron chi connectivity index (χ0n) is 17.0. The Kier molecular flexibility index (Phi) is 10.4. The van der Waals surface area contributed by atoms with Crippen LogP contribution in [-0.4, -0.2) is 52.7 Å². The Morgan fingerprint density at radius 3 is 1.90 bits per heavy atom. The largest absolute Gasteiger partial charge is 0.325 e. The number of amides is 2. The van der Waals surface area contributed by atoms with Crippen molar-refractivity contribution in [1.29, 1.82) is 0 Å². The molecule has 2 saturated heterocycles. The second kappa shape index (κ2) is 13.0. The molecule has 164 valence electrons. The number of carbonyl (C=O) groups excluding carboxylic acids is 2. The SMILES string of the molecule is Cc1cnc(CN)cn1.Cc1cnc(CN=C2NC(=O)CS2)cn1.O=C1CSC(=S)N1. The van der Waals surface area contributed by atoms with E-state index in [0.717, 1.165) is 22.8 Å². The number of nitrogens with two attached hydrogens (primary N) is 1. The number of thioether (sulfide) groups is 2. The van der Waals surface area contributed by atoms with Gasteiger partial charge >= 0.3 is 0 Å². The van der Waals surface area contributed by atoms with E-state index >= 15 is 0 Å². The number of aryl methyl sites for hydroxylation is 2. The van der Waals surface area contributed by atoms with Crippen molar-refractivity contribution < 1.29 is 9.59 Å². The Morgan fingerprint density at radius 2 is 1.52 bits per heavy atom. The molecular formula is C18H22N8O2S3. The quantitative estimate of drug-likeness (QED) is 0.543. The fraction of sp³-hybridized carbons (Fsp3) is 0.333. The lowest BCUT2D eigenvalue weighted by Gasteiger charge is -1.97. The molecule has 2 aromatic heterocycles. The van der Waals surface area contributed by atoms with E-state index in [9.17, 15) is 9.59 Å². The van der Waals surface area contributed by atoms with Gasteiger partial charge in [0.25, 0.3) is 0 Å². The number of thiocarbonyl (C=S) groups is 1. The van der Waals surface area contributed by atoms with Gasteiger partial charge in [-0.3, -0.25) is 34.5 Å². The summed E-state index contributed by atoms with van der Waals surface area (Å²) in [5, 5.41) is 5.80. The van der Waals surface area contributed by atoms with Gasteiger partial charge in [-0.2, -0.15) is 0 Å². The first-order valence-electron chi connectivity index (χ1n) is 9.04. The summed E-state index contributed by atoms with van der Waals surface area (Å²) in [5.74, 6) is 0.987. The Labute approximate surface area is 193 Å². The van der Waals surface area contributed by atoms with Gasteiger partial charge in [-0.15, -0.1) is 0 Å². The van der Waals surface area contributed by atoms with Crippen LogP contribution in [0.3, 0.4) is 0 Å². The summed E-state index contributed by atoms with van der Waals surface area (Å²) in [6.07, 6.45) is 6.80. The van der Waals surface area contributed by atoms with Crippen LogP contribution in [0.25, 0.3) is 0 Å². The van der Waals surface area contributed by atoms with Crippen LogP contribution < -0.4 is 16.4 Å². The summed E-state index contributed by atoms with van der Waals surface area (Å²) in [4.78, 5) is 41.6. The minimum Gasteiger partial charge on any atom is -0.325 e. The van der Waals surface area contributed by atoms with Crippen molar-refractivity contribution in [3.8, 4) is 0 Å². The van der Waals surface area contributed by atoms with Crippen LogP contribution in [-0.2, 0) is 22.7 Å². The third-order valence-corrected chi connectivity index (χ3v) is 5.56. The summed E-state index contributed by atoms with van der Waals surface area (Å²) in [7, 11) is 0. The van der Waals surface area contributed by atoms with E-state index in [0.29, 0.717) is 34.1 Å². The minimum absolute atomic E-state index is 0.00809. The van der Waals surface area contributed by atoms with Crippen LogP contribution in [0.5, 0.6) is 0 Å². The second-order valence-electron chi connectivity index (χ2n) is 6.08. The zero-order chi connectivity index (χ0) is 22.6. The van der Waals surface area contributed by atoms with Gasteiger partial charge in [0.2, 0.25) is 11.8 Å². The summed E-state index contributed by atoms with van der Waals surface area (Å²) in [6, 6.07) is 0. The molecule has 0 saturated carbocycles. The number of carbonyl (C=O) groups is 2. The highest BCUT2D eigenvalue weighted by Crippen LogP contribution is 2.09. The number of nitrogens with one attached hydrogen (secondary N) is 2. The van der Waals surface area contributed by atoms with E-state index in [1.807, 2.05) is 13.8 Å². The number of hydrogen-bond acceptors (Lipinski definition) is 11. The van der Waals surface area contributed by atoms with Gasteiger partial charge in [0.15, 0.2) is 5.17 Å². The molecule has 0 atom stereocenters. The van der Waals surface area contributed by atoms with Crippen molar-refractivity contribution >= 4 is 57.0 Å². The molecule has 31 heavy (non-hydrogen) atoms. The van der Waals surface area contributed by atoms with Crippen LogP contribution in [0.2, 0.25) is 0 Å². The highest BCUT2D eigenvalue weighted by molar-refractivity contribution is 8.24. The Bertz CT molecular complexity index is 922. The van der Waals surface area contributed by atoms with Gasteiger partial charge in [0, 0.05) is 25.1 Å². The van der Waals surface area contributed by atoms with Crippen LogP contribution >= 0.6 is 35.7 Å². The average Bonchev–Trinajstić information content (AvgIpc) is 3.36. The van der Waals surface area contributed by atoms with Crippen LogP contribution in [0, 0.1) is 13.8 Å². The smallest absolute Gasteiger partial charge is 0.236 e. The lowest BCUT2D eigenvalue weighted by Crippen LogP contribution is -2.20. The van der Waals surface area contributed by atoms with E-state index in [-0.39, 0.29) is 11.8 Å². The first-order chi connectivity index (χ1) is 14.9. The predicted molar refractivity (Wildman–Crippen MR) is 126 cm³/mol. The van der Waals surface area contributed by atoms with E-state index in [1.54, 1.807) is 24.8 Å². The van der Waals surface area contributed by atoms with Gasteiger partial charge < -0.3 is 16.4 Å².